The Bertz CT molecular complexity index is 807. The lowest BCUT2D eigenvalue weighted by atomic mass is 10.2. The molecule has 1 saturated heterocycles. The van der Waals surface area contributed by atoms with Crippen molar-refractivity contribution >= 4 is 31.6 Å². The highest BCUT2D eigenvalue weighted by molar-refractivity contribution is 9.10. The van der Waals surface area contributed by atoms with Crippen molar-refractivity contribution in [2.75, 3.05) is 24.6 Å². The predicted molar refractivity (Wildman–Crippen MR) is 96.8 cm³/mol. The Morgan fingerprint density at radius 2 is 1.96 bits per heavy atom. The minimum Gasteiger partial charge on any atom is -0.491 e. The van der Waals surface area contributed by atoms with Crippen LogP contribution in [0.2, 0.25) is 0 Å². The predicted octanol–water partition coefficient (Wildman–Crippen LogP) is 3.19. The summed E-state index contributed by atoms with van der Waals surface area (Å²) in [6.07, 6.45) is 0.184. The lowest BCUT2D eigenvalue weighted by Gasteiger charge is -2.20. The maximum absolute atomic E-state index is 12.6. The van der Waals surface area contributed by atoms with Crippen molar-refractivity contribution in [3.8, 4) is 5.75 Å². The molecule has 1 unspecified atom stereocenters. The molecule has 0 saturated carbocycles. The molecule has 2 aromatic carbocycles. The molecule has 1 heterocycles. The van der Waals surface area contributed by atoms with Crippen molar-refractivity contribution in [3.05, 3.63) is 58.6 Å². The van der Waals surface area contributed by atoms with Gasteiger partial charge in [0.1, 0.15) is 18.5 Å². The standard InChI is InChI=1S/C17H18BrNO4S/c1-19(14-5-3-2-4-6-14)24(20,21)12-13-7-8-15(9-17(13)18)22-10-16-11-23-16/h2-9,16H,10-12H2,1H3. The fraction of sp³-hybridized carbons (Fsp3) is 0.294. The van der Waals surface area contributed by atoms with E-state index in [1.807, 2.05) is 18.2 Å². The molecule has 7 heteroatoms. The molecule has 0 spiro atoms. The number of para-hydroxylation sites is 1. The monoisotopic (exact) mass is 411 g/mol. The first-order valence-corrected chi connectivity index (χ1v) is 9.90. The van der Waals surface area contributed by atoms with Crippen molar-refractivity contribution in [3.63, 3.8) is 0 Å². The number of anilines is 1. The topological polar surface area (TPSA) is 59.1 Å². The third-order valence-electron chi connectivity index (χ3n) is 3.74. The van der Waals surface area contributed by atoms with Crippen LogP contribution in [0.3, 0.4) is 0 Å². The first-order valence-electron chi connectivity index (χ1n) is 7.50. The first kappa shape index (κ1) is 17.3. The largest absolute Gasteiger partial charge is 0.491 e. The zero-order valence-electron chi connectivity index (χ0n) is 13.2. The number of rotatable bonds is 7. The number of benzene rings is 2. The van der Waals surface area contributed by atoms with Gasteiger partial charge < -0.3 is 9.47 Å². The minimum atomic E-state index is -3.47. The van der Waals surface area contributed by atoms with Crippen molar-refractivity contribution in [2.24, 2.45) is 0 Å². The summed E-state index contributed by atoms with van der Waals surface area (Å²) < 4.78 is 37.9. The van der Waals surface area contributed by atoms with Crippen LogP contribution in [0, 0.1) is 0 Å². The molecule has 0 bridgehead atoms. The van der Waals surface area contributed by atoms with Gasteiger partial charge in [0.15, 0.2) is 0 Å². The molecule has 1 aliphatic rings. The highest BCUT2D eigenvalue weighted by atomic mass is 79.9. The first-order chi connectivity index (χ1) is 11.5. The van der Waals surface area contributed by atoms with Crippen molar-refractivity contribution in [2.45, 2.75) is 11.9 Å². The maximum atomic E-state index is 12.6. The molecule has 1 atom stereocenters. The molecular weight excluding hydrogens is 394 g/mol. The van der Waals surface area contributed by atoms with E-state index in [1.165, 1.54) is 4.31 Å². The van der Waals surface area contributed by atoms with Crippen LogP contribution in [0.5, 0.6) is 5.75 Å². The van der Waals surface area contributed by atoms with Gasteiger partial charge in [-0.05, 0) is 29.8 Å². The van der Waals surface area contributed by atoms with Crippen LogP contribution < -0.4 is 9.04 Å². The van der Waals surface area contributed by atoms with Gasteiger partial charge in [0.05, 0.1) is 18.0 Å². The van der Waals surface area contributed by atoms with Crippen LogP contribution in [-0.4, -0.2) is 34.8 Å². The van der Waals surface area contributed by atoms with Gasteiger partial charge in [-0.1, -0.05) is 40.2 Å². The number of halogens is 1. The minimum absolute atomic E-state index is 0.0923. The maximum Gasteiger partial charge on any atom is 0.239 e. The van der Waals surface area contributed by atoms with E-state index in [0.717, 1.165) is 6.61 Å². The van der Waals surface area contributed by atoms with Gasteiger partial charge in [0, 0.05) is 11.5 Å². The fourth-order valence-electron chi connectivity index (χ4n) is 2.18. The highest BCUT2D eigenvalue weighted by Gasteiger charge is 2.23. The zero-order chi connectivity index (χ0) is 17.2. The Hall–Kier alpha value is -1.57. The molecule has 0 N–H and O–H groups in total. The van der Waals surface area contributed by atoms with E-state index in [2.05, 4.69) is 15.9 Å². The molecule has 1 fully saturated rings. The third kappa shape index (κ3) is 4.28. The molecule has 128 valence electrons. The smallest absolute Gasteiger partial charge is 0.239 e. The summed E-state index contributed by atoms with van der Waals surface area (Å²) in [5.41, 5.74) is 1.32. The zero-order valence-corrected chi connectivity index (χ0v) is 15.6. The summed E-state index contributed by atoms with van der Waals surface area (Å²) >= 11 is 3.43. The Morgan fingerprint density at radius 1 is 1.25 bits per heavy atom. The third-order valence-corrected chi connectivity index (χ3v) is 6.20. The van der Waals surface area contributed by atoms with Gasteiger partial charge in [-0.15, -0.1) is 0 Å². The number of sulfonamides is 1. The Labute approximate surface area is 150 Å². The summed E-state index contributed by atoms with van der Waals surface area (Å²) in [6, 6.07) is 14.3. The van der Waals surface area contributed by atoms with Gasteiger partial charge in [0.2, 0.25) is 10.0 Å². The number of hydrogen-bond acceptors (Lipinski definition) is 4. The summed E-state index contributed by atoms with van der Waals surface area (Å²) in [5, 5.41) is 0. The van der Waals surface area contributed by atoms with Crippen LogP contribution in [0.25, 0.3) is 0 Å². The number of ether oxygens (including phenoxy) is 2. The van der Waals surface area contributed by atoms with Crippen molar-refractivity contribution in [1.82, 2.24) is 0 Å². The molecule has 0 aliphatic carbocycles. The van der Waals surface area contributed by atoms with E-state index >= 15 is 0 Å². The SMILES string of the molecule is CN(c1ccccc1)S(=O)(=O)Cc1ccc(OCC2CO2)cc1Br. The lowest BCUT2D eigenvalue weighted by molar-refractivity contribution is 0.263. The van der Waals surface area contributed by atoms with E-state index in [-0.39, 0.29) is 11.9 Å². The molecule has 0 amide bonds. The fourth-order valence-corrected chi connectivity index (χ4v) is 4.15. The summed E-state index contributed by atoms with van der Waals surface area (Å²) in [7, 11) is -1.91. The van der Waals surface area contributed by atoms with E-state index in [0.29, 0.717) is 28.1 Å². The molecule has 24 heavy (non-hydrogen) atoms. The molecule has 2 aromatic rings. The average Bonchev–Trinajstić information content (AvgIpc) is 3.39. The van der Waals surface area contributed by atoms with Gasteiger partial charge in [0.25, 0.3) is 0 Å². The average molecular weight is 412 g/mol. The molecule has 0 aromatic heterocycles. The Kier molecular flexibility index (Phi) is 5.12. The summed E-state index contributed by atoms with van der Waals surface area (Å²) in [5.74, 6) is 0.597. The Morgan fingerprint density at radius 3 is 2.58 bits per heavy atom. The molecule has 3 rings (SSSR count). The number of nitrogens with zero attached hydrogens (tertiary/aromatic N) is 1. The normalized spacial score (nSPS) is 16.7. The molecular formula is C17H18BrNO4S. The molecule has 0 radical (unpaired) electrons. The van der Waals surface area contributed by atoms with Crippen LogP contribution in [-0.2, 0) is 20.5 Å². The van der Waals surface area contributed by atoms with Gasteiger partial charge in [-0.2, -0.15) is 0 Å². The molecule has 1 aliphatic heterocycles. The van der Waals surface area contributed by atoms with Crippen LogP contribution in [0.15, 0.2) is 53.0 Å². The van der Waals surface area contributed by atoms with E-state index < -0.39 is 10.0 Å². The Balaban J connectivity index is 1.71. The van der Waals surface area contributed by atoms with Gasteiger partial charge >= 0.3 is 0 Å². The van der Waals surface area contributed by atoms with Crippen LogP contribution in [0.1, 0.15) is 5.56 Å². The van der Waals surface area contributed by atoms with Crippen molar-refractivity contribution in [1.29, 1.82) is 0 Å². The van der Waals surface area contributed by atoms with Crippen molar-refractivity contribution < 1.29 is 17.9 Å². The van der Waals surface area contributed by atoms with E-state index in [1.54, 1.807) is 37.4 Å². The van der Waals surface area contributed by atoms with Gasteiger partial charge in [-0.25, -0.2) is 8.42 Å². The number of epoxide rings is 1. The second kappa shape index (κ2) is 7.13. The van der Waals surface area contributed by atoms with Crippen LogP contribution in [0.4, 0.5) is 5.69 Å². The van der Waals surface area contributed by atoms with E-state index in [9.17, 15) is 8.42 Å². The summed E-state index contributed by atoms with van der Waals surface area (Å²) in [6.45, 7) is 1.25. The second-order valence-electron chi connectivity index (χ2n) is 5.58. The number of hydrogen-bond donors (Lipinski definition) is 0. The highest BCUT2D eigenvalue weighted by Crippen LogP contribution is 2.27. The second-order valence-corrected chi connectivity index (χ2v) is 8.43. The van der Waals surface area contributed by atoms with Crippen LogP contribution >= 0.6 is 15.9 Å². The quantitative estimate of drug-likeness (QED) is 0.656. The van der Waals surface area contributed by atoms with Gasteiger partial charge in [-0.3, -0.25) is 4.31 Å². The lowest BCUT2D eigenvalue weighted by Crippen LogP contribution is -2.27. The summed E-state index contributed by atoms with van der Waals surface area (Å²) in [4.78, 5) is 0. The molecule has 5 nitrogen and oxygen atoms in total. The van der Waals surface area contributed by atoms with E-state index in [4.69, 9.17) is 9.47 Å².